The number of imide groups is 1. The third-order valence-corrected chi connectivity index (χ3v) is 4.26. The van der Waals surface area contributed by atoms with Gasteiger partial charge in [-0.1, -0.05) is 30.3 Å². The highest BCUT2D eigenvalue weighted by Gasteiger charge is 2.56. The summed E-state index contributed by atoms with van der Waals surface area (Å²) in [6, 6.07) is 8.46. The maximum absolute atomic E-state index is 12.4. The molecule has 4 heterocycles. The summed E-state index contributed by atoms with van der Waals surface area (Å²) in [5.41, 5.74) is 0.835. The Labute approximate surface area is 138 Å². The van der Waals surface area contributed by atoms with Crippen LogP contribution in [0.4, 0.5) is 4.79 Å². The van der Waals surface area contributed by atoms with Crippen LogP contribution >= 0.6 is 0 Å². The molecule has 1 atom stereocenters. The van der Waals surface area contributed by atoms with Crippen molar-refractivity contribution >= 4 is 12.0 Å². The Morgan fingerprint density at radius 3 is 2.50 bits per heavy atom. The summed E-state index contributed by atoms with van der Waals surface area (Å²) >= 11 is 0. The third-order valence-electron chi connectivity index (χ3n) is 4.26. The highest BCUT2D eigenvalue weighted by molar-refractivity contribution is 6.01. The molecule has 24 heavy (non-hydrogen) atoms. The molecule has 0 unspecified atom stereocenters. The van der Waals surface area contributed by atoms with E-state index in [0.29, 0.717) is 19.8 Å². The van der Waals surface area contributed by atoms with Gasteiger partial charge in [0.05, 0.1) is 19.8 Å². The third kappa shape index (κ3) is 2.60. The van der Waals surface area contributed by atoms with Crippen LogP contribution in [0.25, 0.3) is 0 Å². The van der Waals surface area contributed by atoms with Crippen LogP contribution in [0.1, 0.15) is 5.56 Å². The summed E-state index contributed by atoms with van der Waals surface area (Å²) in [6.07, 6.45) is 2.11. The SMILES string of the molecule is O=C1C=C[C@@H](C23OCC(CO2)CO3)N1C(=O)OCc1ccccc1. The summed E-state index contributed by atoms with van der Waals surface area (Å²) in [4.78, 5) is 25.5. The molecule has 0 aromatic heterocycles. The summed E-state index contributed by atoms with van der Waals surface area (Å²) < 4.78 is 22.2. The minimum Gasteiger partial charge on any atom is -0.444 e. The summed E-state index contributed by atoms with van der Waals surface area (Å²) in [6.45, 7) is 1.51. The Kier molecular flexibility index (Phi) is 3.84. The van der Waals surface area contributed by atoms with Crippen molar-refractivity contribution in [1.82, 2.24) is 4.90 Å². The van der Waals surface area contributed by atoms with Gasteiger partial charge < -0.3 is 18.9 Å². The Hall–Kier alpha value is -2.22. The van der Waals surface area contributed by atoms with E-state index in [1.54, 1.807) is 6.08 Å². The summed E-state index contributed by atoms with van der Waals surface area (Å²) in [7, 11) is 0. The van der Waals surface area contributed by atoms with Gasteiger partial charge in [0.15, 0.2) is 0 Å². The number of hydrogen-bond acceptors (Lipinski definition) is 6. The average molecular weight is 331 g/mol. The molecule has 0 spiro atoms. The van der Waals surface area contributed by atoms with E-state index in [-0.39, 0.29) is 12.5 Å². The molecule has 0 radical (unpaired) electrons. The number of ether oxygens (including phenoxy) is 4. The van der Waals surface area contributed by atoms with Crippen molar-refractivity contribution in [3.05, 3.63) is 48.0 Å². The van der Waals surface area contributed by atoms with Crippen LogP contribution in [0, 0.1) is 5.92 Å². The van der Waals surface area contributed by atoms with Gasteiger partial charge in [-0.25, -0.2) is 9.69 Å². The topological polar surface area (TPSA) is 74.3 Å². The minimum absolute atomic E-state index is 0.0772. The molecule has 0 N–H and O–H groups in total. The molecule has 7 heteroatoms. The van der Waals surface area contributed by atoms with E-state index in [9.17, 15) is 9.59 Å². The highest BCUT2D eigenvalue weighted by Crippen LogP contribution is 2.37. The first-order valence-corrected chi connectivity index (χ1v) is 7.82. The van der Waals surface area contributed by atoms with Crippen LogP contribution < -0.4 is 0 Å². The molecular weight excluding hydrogens is 314 g/mol. The van der Waals surface area contributed by atoms with E-state index in [0.717, 1.165) is 10.5 Å². The second-order valence-corrected chi connectivity index (χ2v) is 5.95. The number of carbonyl (C=O) groups is 2. The molecule has 0 saturated carbocycles. The zero-order chi connectivity index (χ0) is 16.6. The first kappa shape index (κ1) is 15.3. The fraction of sp³-hybridized carbons (Fsp3) is 0.412. The quantitative estimate of drug-likeness (QED) is 0.834. The summed E-state index contributed by atoms with van der Waals surface area (Å²) in [5.74, 6) is -1.72. The molecule has 2 bridgehead atoms. The number of amides is 2. The van der Waals surface area contributed by atoms with E-state index < -0.39 is 24.0 Å². The van der Waals surface area contributed by atoms with Crippen molar-refractivity contribution in [1.29, 1.82) is 0 Å². The van der Waals surface area contributed by atoms with Crippen molar-refractivity contribution in [2.45, 2.75) is 18.6 Å². The molecule has 5 rings (SSSR count). The van der Waals surface area contributed by atoms with E-state index in [2.05, 4.69) is 0 Å². The van der Waals surface area contributed by atoms with Gasteiger partial charge in [0.25, 0.3) is 5.91 Å². The average Bonchev–Trinajstić information content (AvgIpc) is 3.04. The predicted octanol–water partition coefficient (Wildman–Crippen LogP) is 1.44. The molecule has 2 amide bonds. The van der Waals surface area contributed by atoms with Gasteiger partial charge in [0.1, 0.15) is 12.6 Å². The lowest BCUT2D eigenvalue weighted by atomic mass is 10.1. The van der Waals surface area contributed by atoms with E-state index in [1.807, 2.05) is 30.3 Å². The molecule has 3 fully saturated rings. The van der Waals surface area contributed by atoms with Crippen molar-refractivity contribution in [2.75, 3.05) is 19.8 Å². The fourth-order valence-corrected chi connectivity index (χ4v) is 2.97. The van der Waals surface area contributed by atoms with Crippen molar-refractivity contribution in [3.8, 4) is 0 Å². The van der Waals surface area contributed by atoms with E-state index >= 15 is 0 Å². The van der Waals surface area contributed by atoms with Crippen LogP contribution in [0.3, 0.4) is 0 Å². The number of benzene rings is 1. The zero-order valence-electron chi connectivity index (χ0n) is 12.9. The van der Waals surface area contributed by atoms with Gasteiger partial charge >= 0.3 is 12.1 Å². The Bertz CT molecular complexity index is 651. The van der Waals surface area contributed by atoms with Crippen LogP contribution in [0.2, 0.25) is 0 Å². The van der Waals surface area contributed by atoms with Crippen LogP contribution in [-0.4, -0.2) is 48.7 Å². The molecule has 126 valence electrons. The van der Waals surface area contributed by atoms with Crippen molar-refractivity contribution in [2.24, 2.45) is 5.92 Å². The van der Waals surface area contributed by atoms with Gasteiger partial charge in [0.2, 0.25) is 0 Å². The lowest BCUT2D eigenvalue weighted by molar-refractivity contribution is -0.457. The van der Waals surface area contributed by atoms with Gasteiger partial charge in [0, 0.05) is 12.0 Å². The molecule has 0 aliphatic carbocycles. The van der Waals surface area contributed by atoms with E-state index in [1.165, 1.54) is 6.08 Å². The molecule has 1 aromatic carbocycles. The van der Waals surface area contributed by atoms with Crippen LogP contribution in [0.5, 0.6) is 0 Å². The largest absolute Gasteiger partial charge is 0.444 e. The molecule has 4 aliphatic heterocycles. The highest BCUT2D eigenvalue weighted by atomic mass is 16.9. The molecule has 4 aliphatic rings. The zero-order valence-corrected chi connectivity index (χ0v) is 12.9. The summed E-state index contributed by atoms with van der Waals surface area (Å²) in [5, 5.41) is 0. The molecular formula is C17H17NO6. The Morgan fingerprint density at radius 2 is 1.83 bits per heavy atom. The second-order valence-electron chi connectivity index (χ2n) is 5.95. The van der Waals surface area contributed by atoms with Gasteiger partial charge in [-0.3, -0.25) is 4.79 Å². The monoisotopic (exact) mass is 331 g/mol. The van der Waals surface area contributed by atoms with Gasteiger partial charge in [-0.2, -0.15) is 0 Å². The first-order chi connectivity index (χ1) is 11.7. The van der Waals surface area contributed by atoms with Crippen molar-refractivity contribution < 1.29 is 28.5 Å². The number of fused-ring (bicyclic) bond motifs is 3. The maximum Gasteiger partial charge on any atom is 0.417 e. The smallest absolute Gasteiger partial charge is 0.417 e. The predicted molar refractivity (Wildman–Crippen MR) is 80.5 cm³/mol. The number of nitrogens with zero attached hydrogens (tertiary/aromatic N) is 1. The minimum atomic E-state index is -1.43. The molecule has 1 aromatic rings. The lowest BCUT2D eigenvalue weighted by Gasteiger charge is -2.48. The molecule has 7 nitrogen and oxygen atoms in total. The lowest BCUT2D eigenvalue weighted by Crippen LogP contribution is -2.64. The standard InChI is InChI=1S/C17H17NO6/c19-15-7-6-14(17-22-9-13(10-23-17)11-24-17)18(15)16(20)21-8-12-4-2-1-3-5-12/h1-7,13-14H,8-11H2/t13?,14-,17?/m0/s1. The number of hydrogen-bond donors (Lipinski definition) is 0. The van der Waals surface area contributed by atoms with Crippen molar-refractivity contribution in [3.63, 3.8) is 0 Å². The van der Waals surface area contributed by atoms with Crippen LogP contribution in [0.15, 0.2) is 42.5 Å². The number of carbonyl (C=O) groups excluding carboxylic acids is 2. The Morgan fingerprint density at radius 1 is 1.17 bits per heavy atom. The van der Waals surface area contributed by atoms with Crippen LogP contribution in [-0.2, 0) is 30.3 Å². The maximum atomic E-state index is 12.4. The molecule has 3 saturated heterocycles. The number of rotatable bonds is 3. The fourth-order valence-electron chi connectivity index (χ4n) is 2.97. The Balaban J connectivity index is 1.48. The normalized spacial score (nSPS) is 31.5. The van der Waals surface area contributed by atoms with Gasteiger partial charge in [-0.15, -0.1) is 0 Å². The second kappa shape index (κ2) is 6.01. The van der Waals surface area contributed by atoms with E-state index in [4.69, 9.17) is 18.9 Å². The first-order valence-electron chi connectivity index (χ1n) is 7.82. The van der Waals surface area contributed by atoms with Gasteiger partial charge in [-0.05, 0) is 11.6 Å².